The number of hydrogen-bond donors (Lipinski definition) is 1. The van der Waals surface area contributed by atoms with E-state index < -0.39 is 23.7 Å². The summed E-state index contributed by atoms with van der Waals surface area (Å²) < 4.78 is 41.6. The zero-order valence-electron chi connectivity index (χ0n) is 14.8. The van der Waals surface area contributed by atoms with E-state index in [1.165, 1.54) is 0 Å². The van der Waals surface area contributed by atoms with Crippen molar-refractivity contribution in [3.05, 3.63) is 35.9 Å². The number of halogens is 3. The zero-order valence-corrected chi connectivity index (χ0v) is 14.8. The Labute approximate surface area is 150 Å². The van der Waals surface area contributed by atoms with E-state index >= 15 is 0 Å². The topological polar surface area (TPSA) is 61.8 Å². The van der Waals surface area contributed by atoms with Gasteiger partial charge in [0.05, 0.1) is 0 Å². The first-order valence-corrected chi connectivity index (χ1v) is 8.61. The van der Waals surface area contributed by atoms with E-state index in [-0.39, 0.29) is 18.8 Å². The van der Waals surface area contributed by atoms with E-state index in [2.05, 4.69) is 4.99 Å². The first kappa shape index (κ1) is 19.9. The van der Waals surface area contributed by atoms with Gasteiger partial charge in [0.15, 0.2) is 0 Å². The molecule has 142 valence electrons. The lowest BCUT2D eigenvalue weighted by atomic mass is 10.1. The Balaban J connectivity index is 2.50. The van der Waals surface area contributed by atoms with Crippen LogP contribution in [-0.2, 0) is 9.59 Å². The molecule has 0 radical (unpaired) electrons. The summed E-state index contributed by atoms with van der Waals surface area (Å²) in [4.78, 5) is 29.5. The summed E-state index contributed by atoms with van der Waals surface area (Å²) in [7, 11) is 0. The Kier molecular flexibility index (Phi) is 6.05. The first-order chi connectivity index (χ1) is 12.3. The van der Waals surface area contributed by atoms with Gasteiger partial charge in [-0.05, 0) is 12.8 Å². The summed E-state index contributed by atoms with van der Waals surface area (Å²) in [6.45, 7) is 3.65. The van der Waals surface area contributed by atoms with E-state index in [0.717, 1.165) is 4.90 Å². The second-order valence-electron chi connectivity index (χ2n) is 6.12. The lowest BCUT2D eigenvalue weighted by Gasteiger charge is -2.29. The summed E-state index contributed by atoms with van der Waals surface area (Å²) in [5.41, 5.74) is -2.87. The van der Waals surface area contributed by atoms with Crippen molar-refractivity contribution in [2.75, 3.05) is 6.54 Å². The minimum absolute atomic E-state index is 0.0782. The Hall–Kier alpha value is -2.38. The third-order valence-electron chi connectivity index (χ3n) is 4.05. The number of rotatable bonds is 7. The molecule has 1 aliphatic rings. The number of aliphatic imine (C=N–C) groups is 1. The van der Waals surface area contributed by atoms with Gasteiger partial charge in [0, 0.05) is 18.5 Å². The third kappa shape index (κ3) is 3.73. The van der Waals surface area contributed by atoms with Gasteiger partial charge in [0.1, 0.15) is 5.84 Å². The van der Waals surface area contributed by atoms with Crippen LogP contribution in [0.15, 0.2) is 35.3 Å². The Morgan fingerprint density at radius 3 is 2.38 bits per heavy atom. The highest BCUT2D eigenvalue weighted by Gasteiger charge is 2.66. The second-order valence-corrected chi connectivity index (χ2v) is 6.12. The molecule has 0 unspecified atom stereocenters. The van der Waals surface area contributed by atoms with E-state index in [1.54, 1.807) is 37.3 Å². The molecule has 1 aromatic rings. The van der Waals surface area contributed by atoms with Crippen LogP contribution < -0.4 is 5.32 Å². The Morgan fingerprint density at radius 1 is 1.19 bits per heavy atom. The van der Waals surface area contributed by atoms with Gasteiger partial charge in [-0.25, -0.2) is 4.99 Å². The smallest absolute Gasteiger partial charge is 0.316 e. The van der Waals surface area contributed by atoms with Crippen LogP contribution in [0.5, 0.6) is 0 Å². The molecule has 0 spiro atoms. The second kappa shape index (κ2) is 7.88. The van der Waals surface area contributed by atoms with Crippen LogP contribution in [0, 0.1) is 0 Å². The van der Waals surface area contributed by atoms with Gasteiger partial charge < -0.3 is 5.32 Å². The lowest BCUT2D eigenvalue weighted by molar-refractivity contribution is -0.200. The fourth-order valence-electron chi connectivity index (χ4n) is 2.74. The number of nitrogens with zero attached hydrogens (tertiary/aromatic N) is 2. The SMILES string of the molecule is CCCCC(=O)N[C@]1(C(F)(F)F)N=C(c2ccccc2)N(CCC)C1=O. The number of amides is 2. The Morgan fingerprint density at radius 2 is 1.85 bits per heavy atom. The van der Waals surface area contributed by atoms with Crippen LogP contribution in [0.4, 0.5) is 13.2 Å². The maximum absolute atomic E-state index is 13.9. The van der Waals surface area contributed by atoms with Gasteiger partial charge in [-0.1, -0.05) is 50.6 Å². The highest BCUT2D eigenvalue weighted by atomic mass is 19.4. The number of nitrogens with one attached hydrogen (secondary N) is 1. The third-order valence-corrected chi connectivity index (χ3v) is 4.05. The molecule has 1 atom stereocenters. The zero-order chi connectivity index (χ0) is 19.4. The van der Waals surface area contributed by atoms with Crippen LogP contribution in [0.2, 0.25) is 0 Å². The van der Waals surface area contributed by atoms with Crippen LogP contribution >= 0.6 is 0 Å². The normalized spacial score (nSPS) is 20.3. The lowest BCUT2D eigenvalue weighted by Crippen LogP contribution is -2.63. The predicted molar refractivity (Wildman–Crippen MR) is 91.4 cm³/mol. The van der Waals surface area contributed by atoms with Crippen molar-refractivity contribution in [2.45, 2.75) is 51.4 Å². The number of carbonyl (C=O) groups excluding carboxylic acids is 2. The Bertz CT molecular complexity index is 689. The summed E-state index contributed by atoms with van der Waals surface area (Å²) in [6, 6.07) is 8.19. The largest absolute Gasteiger partial charge is 0.442 e. The molecule has 2 amide bonds. The molecule has 8 heteroatoms. The first-order valence-electron chi connectivity index (χ1n) is 8.61. The van der Waals surface area contributed by atoms with Crippen molar-refractivity contribution in [1.29, 1.82) is 0 Å². The quantitative estimate of drug-likeness (QED) is 0.802. The summed E-state index contributed by atoms with van der Waals surface area (Å²) in [6.07, 6.45) is -3.60. The standard InChI is InChI=1S/C18H22F3N3O2/c1-3-5-11-14(25)22-17(18(19,20)21)16(26)24(12-4-2)15(23-17)13-9-7-6-8-10-13/h6-10H,3-5,11-12H2,1-2H3,(H,22,25)/t17-/m0/s1. The highest BCUT2D eigenvalue weighted by Crippen LogP contribution is 2.38. The molecule has 0 bridgehead atoms. The molecular formula is C18H22F3N3O2. The van der Waals surface area contributed by atoms with E-state index in [1.807, 2.05) is 12.2 Å². The van der Waals surface area contributed by atoms with Crippen LogP contribution in [0.3, 0.4) is 0 Å². The minimum Gasteiger partial charge on any atom is -0.316 e. The fraction of sp³-hybridized carbons (Fsp3) is 0.500. The molecule has 1 aliphatic heterocycles. The van der Waals surface area contributed by atoms with Gasteiger partial charge >= 0.3 is 11.8 Å². The van der Waals surface area contributed by atoms with Gasteiger partial charge in [0.25, 0.3) is 5.91 Å². The van der Waals surface area contributed by atoms with Crippen molar-refractivity contribution in [1.82, 2.24) is 10.2 Å². The highest BCUT2D eigenvalue weighted by molar-refractivity contribution is 6.16. The van der Waals surface area contributed by atoms with E-state index in [0.29, 0.717) is 24.8 Å². The van der Waals surface area contributed by atoms with Crippen molar-refractivity contribution in [3.8, 4) is 0 Å². The van der Waals surface area contributed by atoms with Crippen molar-refractivity contribution in [3.63, 3.8) is 0 Å². The van der Waals surface area contributed by atoms with Gasteiger partial charge in [-0.2, -0.15) is 13.2 Å². The molecule has 1 N–H and O–H groups in total. The molecule has 0 aromatic heterocycles. The molecule has 0 fully saturated rings. The predicted octanol–water partition coefficient (Wildman–Crippen LogP) is 3.25. The number of alkyl halides is 3. The molecule has 0 aliphatic carbocycles. The van der Waals surface area contributed by atoms with Gasteiger partial charge in [-0.3, -0.25) is 14.5 Å². The molecular weight excluding hydrogens is 347 g/mol. The van der Waals surface area contributed by atoms with Gasteiger partial charge in [0.2, 0.25) is 5.91 Å². The van der Waals surface area contributed by atoms with Crippen molar-refractivity contribution >= 4 is 17.6 Å². The monoisotopic (exact) mass is 369 g/mol. The van der Waals surface area contributed by atoms with Gasteiger partial charge in [-0.15, -0.1) is 0 Å². The summed E-state index contributed by atoms with van der Waals surface area (Å²) >= 11 is 0. The molecule has 1 aromatic carbocycles. The van der Waals surface area contributed by atoms with Crippen LogP contribution in [0.25, 0.3) is 0 Å². The molecule has 26 heavy (non-hydrogen) atoms. The maximum atomic E-state index is 13.9. The molecule has 1 heterocycles. The fourth-order valence-corrected chi connectivity index (χ4v) is 2.74. The number of unbranched alkanes of at least 4 members (excludes halogenated alkanes) is 1. The van der Waals surface area contributed by atoms with E-state index in [9.17, 15) is 22.8 Å². The number of hydrogen-bond acceptors (Lipinski definition) is 3. The van der Waals surface area contributed by atoms with Crippen LogP contribution in [0.1, 0.15) is 45.1 Å². The van der Waals surface area contributed by atoms with Crippen LogP contribution in [-0.4, -0.2) is 40.9 Å². The van der Waals surface area contributed by atoms with Crippen molar-refractivity contribution in [2.24, 2.45) is 4.99 Å². The minimum atomic E-state index is -5.05. The number of carbonyl (C=O) groups is 2. The summed E-state index contributed by atoms with van der Waals surface area (Å²) in [5, 5.41) is 1.86. The number of benzene rings is 1. The summed E-state index contributed by atoms with van der Waals surface area (Å²) in [5.74, 6) is -2.19. The average molecular weight is 369 g/mol. The molecule has 0 saturated heterocycles. The molecule has 0 saturated carbocycles. The van der Waals surface area contributed by atoms with E-state index in [4.69, 9.17) is 0 Å². The maximum Gasteiger partial charge on any atom is 0.442 e. The molecule has 5 nitrogen and oxygen atoms in total. The van der Waals surface area contributed by atoms with Crippen molar-refractivity contribution < 1.29 is 22.8 Å². The average Bonchev–Trinajstić information content (AvgIpc) is 2.88. The number of amidine groups is 1. The molecule has 2 rings (SSSR count).